The molecule has 4 rings (SSSR count). The number of halogens is 3. The molecule has 3 heterocycles. The summed E-state index contributed by atoms with van der Waals surface area (Å²) < 4.78 is 54.1. The van der Waals surface area contributed by atoms with Crippen molar-refractivity contribution in [3.05, 3.63) is 54.2 Å². The van der Waals surface area contributed by atoms with Gasteiger partial charge in [-0.1, -0.05) is 11.2 Å². The SMILES string of the molecule is CC(C)(C)OC(=O)Nc1cccc2c1cc(-c1noc(CNC(=O)c3ccn(C(C)(C)C)c3)n1)n2CC(F)(F)F. The van der Waals surface area contributed by atoms with Gasteiger partial charge in [0.2, 0.25) is 11.7 Å². The Labute approximate surface area is 228 Å². The summed E-state index contributed by atoms with van der Waals surface area (Å²) in [6.45, 7) is 9.65. The van der Waals surface area contributed by atoms with E-state index in [1.165, 1.54) is 18.2 Å². The molecule has 0 unspecified atom stereocenters. The molecule has 0 saturated heterocycles. The standard InChI is InChI=1S/C27H31F3N6O4/c1-25(2,3)35-11-10-16(14-35)23(37)31-13-21-33-22(34-40-21)20-12-17-18(32-24(38)39-26(4,5)6)8-7-9-19(17)36(20)15-27(28,29)30/h7-12,14H,13,15H2,1-6H3,(H,31,37)(H,32,38). The number of ether oxygens (including phenoxy) is 1. The third-order valence-electron chi connectivity index (χ3n) is 5.75. The Morgan fingerprint density at radius 1 is 1.07 bits per heavy atom. The summed E-state index contributed by atoms with van der Waals surface area (Å²) >= 11 is 0. The van der Waals surface area contributed by atoms with Crippen LogP contribution in [0.5, 0.6) is 0 Å². The molecule has 0 aliphatic heterocycles. The highest BCUT2D eigenvalue weighted by Gasteiger charge is 2.31. The van der Waals surface area contributed by atoms with Crippen molar-refractivity contribution in [2.45, 2.75) is 71.9 Å². The van der Waals surface area contributed by atoms with Crippen molar-refractivity contribution in [1.29, 1.82) is 0 Å². The fourth-order valence-electron chi connectivity index (χ4n) is 3.98. The molecule has 0 bridgehead atoms. The molecule has 0 fully saturated rings. The summed E-state index contributed by atoms with van der Waals surface area (Å²) in [6, 6.07) is 7.69. The zero-order chi connectivity index (χ0) is 29.5. The lowest BCUT2D eigenvalue weighted by Gasteiger charge is -2.20. The Morgan fingerprint density at radius 3 is 2.42 bits per heavy atom. The first-order valence-electron chi connectivity index (χ1n) is 12.5. The predicted octanol–water partition coefficient (Wildman–Crippen LogP) is 6.09. The van der Waals surface area contributed by atoms with Crippen LogP contribution in [-0.4, -0.2) is 43.1 Å². The van der Waals surface area contributed by atoms with E-state index < -0.39 is 24.4 Å². The molecule has 2 N–H and O–H groups in total. The number of anilines is 1. The monoisotopic (exact) mass is 560 g/mol. The molecule has 0 aliphatic carbocycles. The topological polar surface area (TPSA) is 116 Å². The van der Waals surface area contributed by atoms with Crippen LogP contribution in [-0.2, 0) is 23.4 Å². The molecule has 214 valence electrons. The number of alkyl halides is 3. The van der Waals surface area contributed by atoms with Crippen LogP contribution in [0.1, 0.15) is 57.8 Å². The molecule has 0 atom stereocenters. The van der Waals surface area contributed by atoms with Gasteiger partial charge in [-0.25, -0.2) is 4.79 Å². The van der Waals surface area contributed by atoms with E-state index in [0.717, 1.165) is 4.57 Å². The number of carbonyl (C=O) groups is 2. The molecule has 40 heavy (non-hydrogen) atoms. The minimum atomic E-state index is -4.56. The maximum Gasteiger partial charge on any atom is 0.412 e. The molecule has 1 aromatic carbocycles. The Balaban J connectivity index is 1.60. The number of fused-ring (bicyclic) bond motifs is 1. The number of nitrogens with one attached hydrogen (secondary N) is 2. The van der Waals surface area contributed by atoms with Crippen LogP contribution in [0.2, 0.25) is 0 Å². The number of hydrogen-bond acceptors (Lipinski definition) is 6. The largest absolute Gasteiger partial charge is 0.444 e. The van der Waals surface area contributed by atoms with E-state index in [9.17, 15) is 22.8 Å². The average Bonchev–Trinajstić information content (AvgIpc) is 3.54. The zero-order valence-corrected chi connectivity index (χ0v) is 23.0. The number of amides is 2. The van der Waals surface area contributed by atoms with Gasteiger partial charge in [-0.15, -0.1) is 0 Å². The van der Waals surface area contributed by atoms with Gasteiger partial charge in [-0.2, -0.15) is 18.2 Å². The van der Waals surface area contributed by atoms with Crippen molar-refractivity contribution < 1.29 is 32.0 Å². The first-order valence-corrected chi connectivity index (χ1v) is 12.5. The third-order valence-corrected chi connectivity index (χ3v) is 5.75. The predicted molar refractivity (Wildman–Crippen MR) is 142 cm³/mol. The molecule has 3 aromatic heterocycles. The number of carbonyl (C=O) groups excluding carboxylic acids is 2. The third kappa shape index (κ3) is 6.82. The summed E-state index contributed by atoms with van der Waals surface area (Å²) in [6.07, 6.45) is -1.79. The van der Waals surface area contributed by atoms with Crippen molar-refractivity contribution in [2.24, 2.45) is 0 Å². The molecule has 10 nitrogen and oxygen atoms in total. The Kier molecular flexibility index (Phi) is 7.43. The van der Waals surface area contributed by atoms with Gasteiger partial charge in [-0.3, -0.25) is 10.1 Å². The fourth-order valence-corrected chi connectivity index (χ4v) is 3.98. The fraction of sp³-hybridized carbons (Fsp3) is 0.407. The first kappa shape index (κ1) is 28.7. The molecule has 0 radical (unpaired) electrons. The van der Waals surface area contributed by atoms with Crippen LogP contribution in [0.25, 0.3) is 22.4 Å². The van der Waals surface area contributed by atoms with Gasteiger partial charge in [0.15, 0.2) is 0 Å². The molecular weight excluding hydrogens is 529 g/mol. The van der Waals surface area contributed by atoms with E-state index in [0.29, 0.717) is 10.9 Å². The second-order valence-electron chi connectivity index (χ2n) is 11.3. The lowest BCUT2D eigenvalue weighted by Crippen LogP contribution is -2.27. The van der Waals surface area contributed by atoms with Gasteiger partial charge < -0.3 is 23.7 Å². The zero-order valence-electron chi connectivity index (χ0n) is 23.0. The van der Waals surface area contributed by atoms with E-state index >= 15 is 0 Å². The van der Waals surface area contributed by atoms with Crippen LogP contribution in [0.3, 0.4) is 0 Å². The van der Waals surface area contributed by atoms with Gasteiger partial charge in [0.1, 0.15) is 12.1 Å². The second kappa shape index (κ2) is 10.4. The van der Waals surface area contributed by atoms with Crippen molar-refractivity contribution >= 4 is 28.6 Å². The van der Waals surface area contributed by atoms with Crippen molar-refractivity contribution in [1.82, 2.24) is 24.6 Å². The van der Waals surface area contributed by atoms with Gasteiger partial charge >= 0.3 is 12.3 Å². The lowest BCUT2D eigenvalue weighted by molar-refractivity contribution is -0.139. The van der Waals surface area contributed by atoms with E-state index in [1.807, 2.05) is 25.3 Å². The Hall–Kier alpha value is -4.29. The Bertz CT molecular complexity index is 1540. The van der Waals surface area contributed by atoms with Crippen LogP contribution in [0.4, 0.5) is 23.7 Å². The minimum absolute atomic E-state index is 0.00882. The van der Waals surface area contributed by atoms with Crippen molar-refractivity contribution in [3.8, 4) is 11.5 Å². The summed E-state index contributed by atoms with van der Waals surface area (Å²) in [7, 11) is 0. The number of rotatable bonds is 6. The average molecular weight is 561 g/mol. The summed E-state index contributed by atoms with van der Waals surface area (Å²) in [4.78, 5) is 29.2. The molecule has 13 heteroatoms. The Morgan fingerprint density at radius 2 is 1.80 bits per heavy atom. The highest BCUT2D eigenvalue weighted by molar-refractivity contribution is 6.01. The van der Waals surface area contributed by atoms with Gasteiger partial charge in [0.25, 0.3) is 5.91 Å². The van der Waals surface area contributed by atoms with Gasteiger partial charge in [-0.05, 0) is 65.8 Å². The van der Waals surface area contributed by atoms with Gasteiger partial charge in [0.05, 0.1) is 29.0 Å². The quantitative estimate of drug-likeness (QED) is 0.295. The molecule has 2 amide bonds. The highest BCUT2D eigenvalue weighted by atomic mass is 19.4. The van der Waals surface area contributed by atoms with E-state index in [-0.39, 0.29) is 46.6 Å². The molecule has 0 spiro atoms. The normalized spacial score (nSPS) is 12.5. The minimum Gasteiger partial charge on any atom is -0.444 e. The maximum atomic E-state index is 13.6. The van der Waals surface area contributed by atoms with Crippen LogP contribution < -0.4 is 10.6 Å². The van der Waals surface area contributed by atoms with Crippen LogP contribution in [0.15, 0.2) is 47.2 Å². The smallest absolute Gasteiger partial charge is 0.412 e. The number of hydrogen-bond donors (Lipinski definition) is 2. The second-order valence-corrected chi connectivity index (χ2v) is 11.3. The van der Waals surface area contributed by atoms with Crippen LogP contribution >= 0.6 is 0 Å². The van der Waals surface area contributed by atoms with Crippen LogP contribution in [0, 0.1) is 0 Å². The van der Waals surface area contributed by atoms with E-state index in [4.69, 9.17) is 9.26 Å². The maximum absolute atomic E-state index is 13.6. The summed E-state index contributed by atoms with van der Waals surface area (Å²) in [5, 5.41) is 9.45. The number of benzene rings is 1. The molecule has 0 saturated carbocycles. The van der Waals surface area contributed by atoms with E-state index in [1.54, 1.807) is 45.3 Å². The number of aromatic nitrogens is 4. The molecule has 0 aliphatic rings. The lowest BCUT2D eigenvalue weighted by atomic mass is 10.1. The molecule has 4 aromatic rings. The molecular formula is C27H31F3N6O4. The van der Waals surface area contributed by atoms with Crippen molar-refractivity contribution in [2.75, 3.05) is 5.32 Å². The van der Waals surface area contributed by atoms with Gasteiger partial charge in [0, 0.05) is 23.3 Å². The summed E-state index contributed by atoms with van der Waals surface area (Å²) in [5.74, 6) is -0.465. The van der Waals surface area contributed by atoms with Crippen molar-refractivity contribution in [3.63, 3.8) is 0 Å². The summed E-state index contributed by atoms with van der Waals surface area (Å²) in [5.41, 5.74) is -0.0505. The first-order chi connectivity index (χ1) is 18.5. The highest BCUT2D eigenvalue weighted by Crippen LogP contribution is 2.34. The van der Waals surface area contributed by atoms with E-state index in [2.05, 4.69) is 20.8 Å². The number of nitrogens with zero attached hydrogens (tertiary/aromatic N) is 4.